The average Bonchev–Trinajstić information content (AvgIpc) is 3.26. The van der Waals surface area contributed by atoms with Crippen LogP contribution in [0.2, 0.25) is 0 Å². The van der Waals surface area contributed by atoms with Crippen molar-refractivity contribution in [2.24, 2.45) is 5.41 Å². The molecule has 1 aliphatic heterocycles. The van der Waals surface area contributed by atoms with Gasteiger partial charge in [-0.3, -0.25) is 9.78 Å². The Kier molecular flexibility index (Phi) is 4.69. The molecular formula is C18H28N4O. The van der Waals surface area contributed by atoms with Gasteiger partial charge in [0.1, 0.15) is 0 Å². The first-order chi connectivity index (χ1) is 11.0. The minimum Gasteiger partial charge on any atom is -0.351 e. The monoisotopic (exact) mass is 316 g/mol. The second kappa shape index (κ2) is 6.57. The number of aryl methyl sites for hydroxylation is 2. The number of rotatable bonds is 5. The van der Waals surface area contributed by atoms with E-state index in [1.54, 1.807) is 0 Å². The van der Waals surface area contributed by atoms with E-state index in [-0.39, 0.29) is 5.91 Å². The third-order valence-corrected chi connectivity index (χ3v) is 5.08. The number of hydrogen-bond acceptors (Lipinski definition) is 4. The number of carbonyl (C=O) groups excluding carboxylic acids is 1. The summed E-state index contributed by atoms with van der Waals surface area (Å²) in [5, 5.41) is 3.15. The number of nitrogens with zero attached hydrogens (tertiary/aromatic N) is 3. The topological polar surface area (TPSA) is 48.5 Å². The molecule has 2 fully saturated rings. The van der Waals surface area contributed by atoms with Crippen LogP contribution in [-0.2, 0) is 0 Å². The molecule has 1 amide bonds. The Balaban J connectivity index is 1.52. The van der Waals surface area contributed by atoms with E-state index >= 15 is 0 Å². The van der Waals surface area contributed by atoms with Crippen LogP contribution >= 0.6 is 0 Å². The third kappa shape index (κ3) is 4.30. The molecule has 0 bridgehead atoms. The van der Waals surface area contributed by atoms with Crippen molar-refractivity contribution in [2.45, 2.75) is 26.7 Å². The van der Waals surface area contributed by atoms with E-state index in [9.17, 15) is 4.79 Å². The molecule has 2 aliphatic rings. The van der Waals surface area contributed by atoms with Crippen LogP contribution in [0.25, 0.3) is 0 Å². The van der Waals surface area contributed by atoms with Crippen molar-refractivity contribution >= 4 is 5.91 Å². The minimum absolute atomic E-state index is 0.0308. The first-order valence-corrected chi connectivity index (χ1v) is 8.60. The fourth-order valence-corrected chi connectivity index (χ4v) is 3.38. The highest BCUT2D eigenvalue weighted by Crippen LogP contribution is 2.45. The van der Waals surface area contributed by atoms with E-state index in [0.29, 0.717) is 5.41 Å². The summed E-state index contributed by atoms with van der Waals surface area (Å²) in [6.45, 7) is 10.4. The van der Waals surface area contributed by atoms with E-state index in [1.165, 1.54) is 12.8 Å². The fourth-order valence-electron chi connectivity index (χ4n) is 3.38. The minimum atomic E-state index is 0.0308. The zero-order valence-electron chi connectivity index (χ0n) is 14.6. The van der Waals surface area contributed by atoms with Crippen LogP contribution in [0.3, 0.4) is 0 Å². The maximum atomic E-state index is 12.4. The highest BCUT2D eigenvalue weighted by molar-refractivity contribution is 5.94. The smallest absolute Gasteiger partial charge is 0.251 e. The number of hydrogen-bond donors (Lipinski definition) is 1. The molecule has 126 valence electrons. The molecule has 0 atom stereocenters. The molecule has 5 nitrogen and oxygen atoms in total. The Morgan fingerprint density at radius 1 is 1.17 bits per heavy atom. The second-order valence-corrected chi connectivity index (χ2v) is 7.40. The van der Waals surface area contributed by atoms with Crippen molar-refractivity contribution < 1.29 is 4.79 Å². The summed E-state index contributed by atoms with van der Waals surface area (Å²) < 4.78 is 0. The molecule has 1 aliphatic carbocycles. The molecule has 5 heteroatoms. The first kappa shape index (κ1) is 16.4. The van der Waals surface area contributed by atoms with Crippen LogP contribution in [0.5, 0.6) is 0 Å². The number of piperazine rings is 1. The lowest BCUT2D eigenvalue weighted by Crippen LogP contribution is -2.47. The number of pyridine rings is 1. The molecule has 1 N–H and O–H groups in total. The fraction of sp³-hybridized carbons (Fsp3) is 0.667. The van der Waals surface area contributed by atoms with Gasteiger partial charge in [-0.2, -0.15) is 0 Å². The molecule has 1 aromatic rings. The standard InChI is InChI=1S/C18H28N4O/c1-14-10-16(11-15(2)20-14)17(23)19-12-18(4-5-18)13-22-8-6-21(3)7-9-22/h10-11H,4-9,12-13H2,1-3H3,(H,19,23). The Labute approximate surface area is 139 Å². The van der Waals surface area contributed by atoms with Gasteiger partial charge in [0.15, 0.2) is 0 Å². The summed E-state index contributed by atoms with van der Waals surface area (Å²) in [6.07, 6.45) is 2.46. The van der Waals surface area contributed by atoms with Crippen molar-refractivity contribution in [2.75, 3.05) is 46.3 Å². The van der Waals surface area contributed by atoms with Crippen molar-refractivity contribution in [3.8, 4) is 0 Å². The molecule has 1 aromatic heterocycles. The molecule has 0 unspecified atom stereocenters. The lowest BCUT2D eigenvalue weighted by Gasteiger charge is -2.34. The molecule has 0 aromatic carbocycles. The van der Waals surface area contributed by atoms with Crippen LogP contribution in [-0.4, -0.2) is 67.0 Å². The Bertz CT molecular complexity index is 554. The summed E-state index contributed by atoms with van der Waals surface area (Å²) in [7, 11) is 2.18. The summed E-state index contributed by atoms with van der Waals surface area (Å²) in [5.74, 6) is 0.0308. The van der Waals surface area contributed by atoms with E-state index in [4.69, 9.17) is 0 Å². The number of amides is 1. The highest BCUT2D eigenvalue weighted by Gasteiger charge is 2.44. The van der Waals surface area contributed by atoms with E-state index in [1.807, 2.05) is 26.0 Å². The first-order valence-electron chi connectivity index (χ1n) is 8.60. The van der Waals surface area contributed by atoms with Crippen molar-refractivity contribution in [3.63, 3.8) is 0 Å². The summed E-state index contributed by atoms with van der Waals surface area (Å²) in [4.78, 5) is 21.7. The molecule has 3 rings (SSSR count). The molecule has 2 heterocycles. The largest absolute Gasteiger partial charge is 0.351 e. The normalized spacial score (nSPS) is 21.2. The van der Waals surface area contributed by atoms with Crippen LogP contribution in [0.1, 0.15) is 34.6 Å². The van der Waals surface area contributed by atoms with Gasteiger partial charge in [-0.1, -0.05) is 0 Å². The van der Waals surface area contributed by atoms with Gasteiger partial charge in [-0.05, 0) is 45.9 Å². The molecule has 1 saturated carbocycles. The predicted molar refractivity (Wildman–Crippen MR) is 91.6 cm³/mol. The third-order valence-electron chi connectivity index (χ3n) is 5.08. The number of nitrogens with one attached hydrogen (secondary N) is 1. The summed E-state index contributed by atoms with van der Waals surface area (Å²) in [5.41, 5.74) is 2.83. The zero-order valence-corrected chi connectivity index (χ0v) is 14.6. The van der Waals surface area contributed by atoms with E-state index in [2.05, 4.69) is 27.1 Å². The van der Waals surface area contributed by atoms with Gasteiger partial charge in [0, 0.05) is 61.6 Å². The van der Waals surface area contributed by atoms with Gasteiger partial charge in [0.05, 0.1) is 0 Å². The highest BCUT2D eigenvalue weighted by atomic mass is 16.1. The molecule has 23 heavy (non-hydrogen) atoms. The Morgan fingerprint density at radius 2 is 1.78 bits per heavy atom. The zero-order chi connectivity index (χ0) is 16.4. The quantitative estimate of drug-likeness (QED) is 0.893. The summed E-state index contributed by atoms with van der Waals surface area (Å²) >= 11 is 0. The maximum Gasteiger partial charge on any atom is 0.251 e. The van der Waals surface area contributed by atoms with Crippen LogP contribution in [0.15, 0.2) is 12.1 Å². The average molecular weight is 316 g/mol. The van der Waals surface area contributed by atoms with Crippen molar-refractivity contribution in [1.29, 1.82) is 0 Å². The lowest BCUT2D eigenvalue weighted by atomic mass is 10.1. The summed E-state index contributed by atoms with van der Waals surface area (Å²) in [6, 6.07) is 3.73. The van der Waals surface area contributed by atoms with Gasteiger partial charge in [-0.25, -0.2) is 0 Å². The lowest BCUT2D eigenvalue weighted by molar-refractivity contribution is 0.0926. The van der Waals surface area contributed by atoms with Crippen molar-refractivity contribution in [1.82, 2.24) is 20.1 Å². The molecule has 0 radical (unpaired) electrons. The van der Waals surface area contributed by atoms with Gasteiger partial charge < -0.3 is 15.1 Å². The van der Waals surface area contributed by atoms with Gasteiger partial charge >= 0.3 is 0 Å². The number of likely N-dealkylation sites (N-methyl/N-ethyl adjacent to an activating group) is 1. The SMILES string of the molecule is Cc1cc(C(=O)NCC2(CN3CCN(C)CC3)CC2)cc(C)n1. The Morgan fingerprint density at radius 3 is 2.35 bits per heavy atom. The van der Waals surface area contributed by atoms with Crippen molar-refractivity contribution in [3.05, 3.63) is 29.1 Å². The van der Waals surface area contributed by atoms with E-state index < -0.39 is 0 Å². The van der Waals surface area contributed by atoms with Gasteiger partial charge in [0.2, 0.25) is 0 Å². The van der Waals surface area contributed by atoms with Crippen LogP contribution < -0.4 is 5.32 Å². The second-order valence-electron chi connectivity index (χ2n) is 7.40. The number of carbonyl (C=O) groups is 1. The molecular weight excluding hydrogens is 288 g/mol. The van der Waals surface area contributed by atoms with Gasteiger partial charge in [-0.15, -0.1) is 0 Å². The van der Waals surface area contributed by atoms with Gasteiger partial charge in [0.25, 0.3) is 5.91 Å². The molecule has 0 spiro atoms. The maximum absolute atomic E-state index is 12.4. The predicted octanol–water partition coefficient (Wildman–Crippen LogP) is 1.46. The number of aromatic nitrogens is 1. The van der Waals surface area contributed by atoms with Crippen LogP contribution in [0.4, 0.5) is 0 Å². The van der Waals surface area contributed by atoms with E-state index in [0.717, 1.165) is 56.2 Å². The van der Waals surface area contributed by atoms with Crippen LogP contribution in [0, 0.1) is 19.3 Å². The molecule has 1 saturated heterocycles. The Hall–Kier alpha value is -1.46.